The molecule has 6 heteroatoms. The molecule has 0 fully saturated rings. The molecule has 94 valence electrons. The van der Waals surface area contributed by atoms with Gasteiger partial charge < -0.3 is 5.11 Å². The van der Waals surface area contributed by atoms with E-state index in [0.717, 1.165) is 0 Å². The molecule has 0 aromatic heterocycles. The molecule has 1 atom stereocenters. The number of hydrogen-bond donors (Lipinski definition) is 1. The number of carboxylic acid groups (broad SMARTS) is 1. The Labute approximate surface area is 101 Å². The number of halogens is 4. The smallest absolute Gasteiger partial charge is 0.396 e. The average Bonchev–Trinajstić information content (AvgIpc) is 2.13. The highest BCUT2D eigenvalue weighted by Crippen LogP contribution is 2.39. The molecular formula is C11H10ClF3O2. The lowest BCUT2D eigenvalue weighted by Gasteiger charge is -2.20. The first-order valence-electron chi connectivity index (χ1n) is 4.76. The van der Waals surface area contributed by atoms with Gasteiger partial charge in [0.1, 0.15) is 0 Å². The Morgan fingerprint density at radius 3 is 2.47 bits per heavy atom. The van der Waals surface area contributed by atoms with Gasteiger partial charge in [0.25, 0.3) is 0 Å². The van der Waals surface area contributed by atoms with E-state index < -0.39 is 24.5 Å². The number of aryl methyl sites for hydroxylation is 1. The second-order valence-corrected chi connectivity index (χ2v) is 4.13. The van der Waals surface area contributed by atoms with Crippen molar-refractivity contribution < 1.29 is 23.1 Å². The fourth-order valence-electron chi connectivity index (χ4n) is 1.61. The molecule has 2 nitrogen and oxygen atoms in total. The van der Waals surface area contributed by atoms with Crippen LogP contribution in [0.25, 0.3) is 0 Å². The third-order valence-electron chi connectivity index (χ3n) is 2.38. The van der Waals surface area contributed by atoms with Gasteiger partial charge in [0.05, 0.1) is 12.3 Å². The summed E-state index contributed by atoms with van der Waals surface area (Å²) in [5, 5.41) is 8.85. The van der Waals surface area contributed by atoms with Crippen molar-refractivity contribution in [2.45, 2.75) is 25.4 Å². The molecule has 0 heterocycles. The van der Waals surface area contributed by atoms with E-state index in [1.807, 2.05) is 0 Å². The number of benzene rings is 1. The molecule has 0 radical (unpaired) electrons. The first kappa shape index (κ1) is 13.8. The number of hydrogen-bond acceptors (Lipinski definition) is 1. The van der Waals surface area contributed by atoms with Gasteiger partial charge in [-0.15, -0.1) is 0 Å². The number of rotatable bonds is 3. The summed E-state index contributed by atoms with van der Waals surface area (Å²) in [7, 11) is 0. The summed E-state index contributed by atoms with van der Waals surface area (Å²) >= 11 is 5.64. The van der Waals surface area contributed by atoms with Crippen molar-refractivity contribution in [3.63, 3.8) is 0 Å². The lowest BCUT2D eigenvalue weighted by atomic mass is 9.91. The van der Waals surface area contributed by atoms with Crippen LogP contribution < -0.4 is 0 Å². The zero-order valence-electron chi connectivity index (χ0n) is 8.88. The van der Waals surface area contributed by atoms with Crippen LogP contribution in [-0.2, 0) is 4.79 Å². The van der Waals surface area contributed by atoms with Gasteiger partial charge in [-0.05, 0) is 30.2 Å². The van der Waals surface area contributed by atoms with E-state index in [2.05, 4.69) is 0 Å². The van der Waals surface area contributed by atoms with Crippen molar-refractivity contribution in [2.24, 2.45) is 0 Å². The molecular weight excluding hydrogens is 257 g/mol. The molecule has 17 heavy (non-hydrogen) atoms. The molecule has 1 rings (SSSR count). The van der Waals surface area contributed by atoms with Crippen LogP contribution >= 0.6 is 11.6 Å². The first-order valence-corrected chi connectivity index (χ1v) is 5.14. The molecule has 0 aliphatic heterocycles. The van der Waals surface area contributed by atoms with Crippen molar-refractivity contribution in [1.82, 2.24) is 0 Å². The Morgan fingerprint density at radius 1 is 1.47 bits per heavy atom. The van der Waals surface area contributed by atoms with Gasteiger partial charge in [-0.2, -0.15) is 13.2 Å². The van der Waals surface area contributed by atoms with Gasteiger partial charge in [-0.3, -0.25) is 4.79 Å². The Hall–Kier alpha value is -1.23. The minimum atomic E-state index is -4.59. The number of carboxylic acids is 1. The molecule has 1 aromatic carbocycles. The topological polar surface area (TPSA) is 37.3 Å². The van der Waals surface area contributed by atoms with Gasteiger partial charge >= 0.3 is 12.1 Å². The second kappa shape index (κ2) is 4.96. The highest BCUT2D eigenvalue weighted by Gasteiger charge is 2.42. The summed E-state index contributed by atoms with van der Waals surface area (Å²) < 4.78 is 38.3. The van der Waals surface area contributed by atoms with Crippen molar-refractivity contribution in [3.8, 4) is 0 Å². The van der Waals surface area contributed by atoms with Gasteiger partial charge in [0.15, 0.2) is 0 Å². The van der Waals surface area contributed by atoms with Gasteiger partial charge in [-0.1, -0.05) is 17.7 Å². The van der Waals surface area contributed by atoms with Crippen LogP contribution in [0.5, 0.6) is 0 Å². The first-order chi connectivity index (χ1) is 7.71. The second-order valence-electron chi connectivity index (χ2n) is 3.69. The van der Waals surface area contributed by atoms with E-state index in [4.69, 9.17) is 16.7 Å². The lowest BCUT2D eigenvalue weighted by Crippen LogP contribution is -2.24. The van der Waals surface area contributed by atoms with Crippen LogP contribution in [0.2, 0.25) is 5.02 Å². The fourth-order valence-corrected chi connectivity index (χ4v) is 1.83. The monoisotopic (exact) mass is 266 g/mol. The SMILES string of the molecule is Cc1cc(Cl)ccc1C(CC(=O)O)C(F)(F)F. The summed E-state index contributed by atoms with van der Waals surface area (Å²) in [6.07, 6.45) is -5.57. The quantitative estimate of drug-likeness (QED) is 0.904. The highest BCUT2D eigenvalue weighted by atomic mass is 35.5. The molecule has 0 bridgehead atoms. The Kier molecular flexibility index (Phi) is 4.03. The molecule has 0 amide bonds. The number of aliphatic carboxylic acids is 1. The molecule has 0 aliphatic rings. The van der Waals surface area contributed by atoms with E-state index in [0.29, 0.717) is 10.6 Å². The minimum absolute atomic E-state index is 0.0516. The molecule has 0 spiro atoms. The molecule has 0 aliphatic carbocycles. The number of carbonyl (C=O) groups is 1. The summed E-state index contributed by atoms with van der Waals surface area (Å²) in [6.45, 7) is 1.47. The maximum atomic E-state index is 12.8. The molecule has 1 N–H and O–H groups in total. The summed E-state index contributed by atoms with van der Waals surface area (Å²) in [5.74, 6) is -3.49. The van der Waals surface area contributed by atoms with Crippen LogP contribution in [0.4, 0.5) is 13.2 Å². The van der Waals surface area contributed by atoms with Crippen LogP contribution in [0, 0.1) is 6.92 Å². The Bertz CT molecular complexity index is 429. The average molecular weight is 267 g/mol. The molecule has 0 saturated carbocycles. The Morgan fingerprint density at radius 2 is 2.06 bits per heavy atom. The van der Waals surface area contributed by atoms with Crippen LogP contribution in [-0.4, -0.2) is 17.3 Å². The van der Waals surface area contributed by atoms with Crippen molar-refractivity contribution in [1.29, 1.82) is 0 Å². The predicted octanol–water partition coefficient (Wildman–Crippen LogP) is 3.77. The van der Waals surface area contributed by atoms with Crippen LogP contribution in [0.15, 0.2) is 18.2 Å². The fraction of sp³-hybridized carbons (Fsp3) is 0.364. The van der Waals surface area contributed by atoms with Crippen LogP contribution in [0.1, 0.15) is 23.5 Å². The van der Waals surface area contributed by atoms with Crippen molar-refractivity contribution in [3.05, 3.63) is 34.3 Å². The molecule has 1 unspecified atom stereocenters. The normalized spacial score (nSPS) is 13.5. The maximum absolute atomic E-state index is 12.8. The van der Waals surface area contributed by atoms with Crippen molar-refractivity contribution >= 4 is 17.6 Å². The number of alkyl halides is 3. The molecule has 1 aromatic rings. The van der Waals surface area contributed by atoms with Crippen molar-refractivity contribution in [2.75, 3.05) is 0 Å². The third kappa shape index (κ3) is 3.63. The van der Waals surface area contributed by atoms with E-state index >= 15 is 0 Å². The molecule has 0 saturated heterocycles. The predicted molar refractivity (Wildman–Crippen MR) is 57.2 cm³/mol. The maximum Gasteiger partial charge on any atom is 0.396 e. The van der Waals surface area contributed by atoms with Gasteiger partial charge in [0.2, 0.25) is 0 Å². The summed E-state index contributed by atoms with van der Waals surface area (Å²) in [6, 6.07) is 3.93. The minimum Gasteiger partial charge on any atom is -0.481 e. The van der Waals surface area contributed by atoms with E-state index in [1.54, 1.807) is 0 Å². The lowest BCUT2D eigenvalue weighted by molar-refractivity contribution is -0.163. The largest absolute Gasteiger partial charge is 0.481 e. The summed E-state index contributed by atoms with van der Waals surface area (Å²) in [4.78, 5) is 10.5. The van der Waals surface area contributed by atoms with Gasteiger partial charge in [0, 0.05) is 5.02 Å². The van der Waals surface area contributed by atoms with E-state index in [1.165, 1.54) is 25.1 Å². The van der Waals surface area contributed by atoms with E-state index in [-0.39, 0.29) is 5.56 Å². The van der Waals surface area contributed by atoms with Gasteiger partial charge in [-0.25, -0.2) is 0 Å². The summed E-state index contributed by atoms with van der Waals surface area (Å²) in [5.41, 5.74) is 0.283. The Balaban J connectivity index is 3.17. The third-order valence-corrected chi connectivity index (χ3v) is 2.62. The standard InChI is InChI=1S/C11H10ClF3O2/c1-6-4-7(12)2-3-8(6)9(5-10(16)17)11(13,14)15/h2-4,9H,5H2,1H3,(H,16,17). The zero-order valence-corrected chi connectivity index (χ0v) is 9.64. The van der Waals surface area contributed by atoms with Crippen LogP contribution in [0.3, 0.4) is 0 Å². The zero-order chi connectivity index (χ0) is 13.2. The van der Waals surface area contributed by atoms with E-state index in [9.17, 15) is 18.0 Å². The highest BCUT2D eigenvalue weighted by molar-refractivity contribution is 6.30.